The van der Waals surface area contributed by atoms with Crippen LogP contribution in [-0.4, -0.2) is 38.9 Å². The highest BCUT2D eigenvalue weighted by Crippen LogP contribution is 2.30. The average molecular weight is 462 g/mol. The summed E-state index contributed by atoms with van der Waals surface area (Å²) < 4.78 is 20.7. The lowest BCUT2D eigenvalue weighted by molar-refractivity contribution is 0.0845. The van der Waals surface area contributed by atoms with Gasteiger partial charge in [-0.2, -0.15) is 0 Å². The lowest BCUT2D eigenvalue weighted by Crippen LogP contribution is -2.28. The first-order chi connectivity index (χ1) is 14.4. The lowest BCUT2D eigenvalue weighted by atomic mass is 10.1. The number of hydrogen-bond acceptors (Lipinski definition) is 4. The van der Waals surface area contributed by atoms with Crippen molar-refractivity contribution in [3.8, 4) is 11.3 Å². The van der Waals surface area contributed by atoms with Gasteiger partial charge in [0.25, 0.3) is 0 Å². The number of nitrogens with zero attached hydrogens (tertiary/aromatic N) is 2. The molecule has 0 radical (unpaired) electrons. The Morgan fingerprint density at radius 3 is 2.55 bits per heavy atom. The van der Waals surface area contributed by atoms with Crippen molar-refractivity contribution >= 4 is 24.6 Å². The van der Waals surface area contributed by atoms with Crippen LogP contribution in [-0.2, 0) is 22.3 Å². The first kappa shape index (κ1) is 25.6. The van der Waals surface area contributed by atoms with Crippen LogP contribution in [0.4, 0.5) is 5.69 Å². The van der Waals surface area contributed by atoms with Crippen LogP contribution in [0.15, 0.2) is 43.1 Å². The molecule has 0 aliphatic heterocycles. The summed E-state index contributed by atoms with van der Waals surface area (Å²) in [6, 6.07) is 8.86. The van der Waals surface area contributed by atoms with Crippen LogP contribution in [0.3, 0.4) is 0 Å². The molecule has 0 aliphatic carbocycles. The summed E-state index contributed by atoms with van der Waals surface area (Å²) >= 11 is 0. The zero-order chi connectivity index (χ0) is 23.2. The Labute approximate surface area is 191 Å². The van der Waals surface area contributed by atoms with E-state index in [0.29, 0.717) is 24.6 Å². The summed E-state index contributed by atoms with van der Waals surface area (Å²) in [5, 5.41) is 0. The number of nitrogen functional groups attached to an aromatic ring is 1. The number of imidazole rings is 1. The van der Waals surface area contributed by atoms with Gasteiger partial charge in [0.2, 0.25) is 0 Å². The van der Waals surface area contributed by atoms with Gasteiger partial charge in [0.1, 0.15) is 12.6 Å². The minimum Gasteiger partial charge on any atom is -0.398 e. The topological polar surface area (TPSA) is 70.1 Å². The van der Waals surface area contributed by atoms with E-state index in [9.17, 15) is 4.21 Å². The molecule has 2 atom stereocenters. The highest BCUT2D eigenvalue weighted by Gasteiger charge is 2.27. The Bertz CT molecular complexity index is 897. The molecule has 0 unspecified atom stereocenters. The van der Waals surface area contributed by atoms with Crippen LogP contribution in [0.1, 0.15) is 38.9 Å². The second kappa shape index (κ2) is 10.7. The van der Waals surface area contributed by atoms with Crippen molar-refractivity contribution in [1.29, 1.82) is 0 Å². The maximum Gasteiger partial charge on any atom is 0.124 e. The predicted molar refractivity (Wildman–Crippen MR) is 136 cm³/mol. The first-order valence-corrected chi connectivity index (χ1v) is 15.9. The fraction of sp³-hybridized carbons (Fsp3) is 0.542. The average Bonchev–Trinajstić information content (AvgIpc) is 3.07. The van der Waals surface area contributed by atoms with E-state index in [1.165, 1.54) is 0 Å². The van der Waals surface area contributed by atoms with Gasteiger partial charge >= 0.3 is 0 Å². The van der Waals surface area contributed by atoms with E-state index in [0.717, 1.165) is 29.7 Å². The number of aromatic nitrogens is 2. The van der Waals surface area contributed by atoms with Crippen molar-refractivity contribution in [2.24, 2.45) is 0 Å². The number of nitrogens with two attached hydrogens (primary N) is 1. The number of anilines is 1. The molecule has 0 saturated heterocycles. The summed E-state index contributed by atoms with van der Waals surface area (Å²) in [6.07, 6.45) is 4.59. The zero-order valence-corrected chi connectivity index (χ0v) is 21.8. The van der Waals surface area contributed by atoms with Crippen molar-refractivity contribution in [2.75, 3.05) is 18.1 Å². The molecular weight excluding hydrogens is 422 g/mol. The number of allylic oxidation sites excluding steroid dienone is 1. The molecule has 31 heavy (non-hydrogen) atoms. The molecule has 172 valence electrons. The van der Waals surface area contributed by atoms with Crippen LogP contribution >= 0.6 is 0 Å². The minimum absolute atomic E-state index is 0.00293. The largest absolute Gasteiger partial charge is 0.398 e. The summed E-state index contributed by atoms with van der Waals surface area (Å²) in [7, 11) is -2.16. The third kappa shape index (κ3) is 7.74. The molecule has 0 bridgehead atoms. The maximum absolute atomic E-state index is 12.9. The van der Waals surface area contributed by atoms with Gasteiger partial charge in [-0.05, 0) is 39.3 Å². The Balaban J connectivity index is 2.37. The van der Waals surface area contributed by atoms with Gasteiger partial charge in [0.05, 0.1) is 5.69 Å². The van der Waals surface area contributed by atoms with Crippen molar-refractivity contribution in [3.05, 3.63) is 48.9 Å². The van der Waals surface area contributed by atoms with Crippen molar-refractivity contribution < 1.29 is 8.95 Å². The van der Waals surface area contributed by atoms with Crippen molar-refractivity contribution in [3.63, 3.8) is 0 Å². The number of ether oxygens (including phenoxy) is 1. The molecular formula is C24H39N3O2SSi. The third-order valence-electron chi connectivity index (χ3n) is 5.12. The van der Waals surface area contributed by atoms with Crippen LogP contribution in [0, 0.1) is 0 Å². The first-order valence-electron chi connectivity index (χ1n) is 10.9. The van der Waals surface area contributed by atoms with E-state index in [1.807, 2.05) is 57.3 Å². The van der Waals surface area contributed by atoms with Crippen LogP contribution in [0.2, 0.25) is 25.7 Å². The van der Waals surface area contributed by atoms with E-state index in [2.05, 4.69) is 30.8 Å². The van der Waals surface area contributed by atoms with Gasteiger partial charge in [-0.1, -0.05) is 43.9 Å². The normalized spacial score (nSPS) is 14.4. The number of benzene rings is 1. The molecule has 2 N–H and O–H groups in total. The maximum atomic E-state index is 12.9. The summed E-state index contributed by atoms with van der Waals surface area (Å²) in [5.41, 5.74) is 8.62. The molecule has 1 aromatic carbocycles. The molecule has 0 saturated carbocycles. The van der Waals surface area contributed by atoms with Gasteiger partial charge in [-0.15, -0.1) is 6.58 Å². The summed E-state index contributed by atoms with van der Waals surface area (Å²) in [4.78, 5) is 4.95. The molecule has 7 heteroatoms. The SMILES string of the molecule is C=CC[C@H](C[S@@](=O)C(C)(C)C)c1nc(-c2ccccc2N)cn1COCC[Si](C)(C)C. The van der Waals surface area contributed by atoms with E-state index in [-0.39, 0.29) is 10.7 Å². The standard InChI is InChI=1S/C24H39N3O2SSi/c1-8-11-19(17-30(28)24(2,3)4)23-26-22(20-12-9-10-13-21(20)25)16-27(23)18-29-14-15-31(5,6)7/h8-10,12-13,16,19H,1,11,14-15,17-18,25H2,2-7H3/t19-,30-/m1/s1. The monoisotopic (exact) mass is 461 g/mol. The van der Waals surface area contributed by atoms with Gasteiger partial charge < -0.3 is 15.0 Å². The van der Waals surface area contributed by atoms with Gasteiger partial charge in [-0.25, -0.2) is 4.98 Å². The zero-order valence-electron chi connectivity index (χ0n) is 20.0. The third-order valence-corrected chi connectivity index (χ3v) is 8.90. The minimum atomic E-state index is -1.16. The highest BCUT2D eigenvalue weighted by molar-refractivity contribution is 7.86. The van der Waals surface area contributed by atoms with Crippen molar-refractivity contribution in [2.45, 2.75) is 70.3 Å². The van der Waals surface area contributed by atoms with Crippen LogP contribution < -0.4 is 5.73 Å². The quantitative estimate of drug-likeness (QED) is 0.203. The Morgan fingerprint density at radius 2 is 1.97 bits per heavy atom. The predicted octanol–water partition coefficient (Wildman–Crippen LogP) is 5.65. The molecule has 0 aliphatic rings. The molecule has 2 rings (SSSR count). The summed E-state index contributed by atoms with van der Waals surface area (Å²) in [6.45, 7) is 18.1. The van der Waals surface area contributed by atoms with E-state index in [4.69, 9.17) is 15.5 Å². The Hall–Kier alpha value is -1.70. The second-order valence-corrected chi connectivity index (χ2v) is 18.1. The van der Waals surface area contributed by atoms with Crippen molar-refractivity contribution in [1.82, 2.24) is 9.55 Å². The molecule has 2 aromatic rings. The van der Waals surface area contributed by atoms with Crippen LogP contribution in [0.25, 0.3) is 11.3 Å². The van der Waals surface area contributed by atoms with E-state index < -0.39 is 18.9 Å². The van der Waals surface area contributed by atoms with E-state index in [1.54, 1.807) is 0 Å². The molecule has 0 fully saturated rings. The highest BCUT2D eigenvalue weighted by atomic mass is 32.2. The van der Waals surface area contributed by atoms with Gasteiger partial charge in [-0.3, -0.25) is 4.21 Å². The van der Waals surface area contributed by atoms with E-state index >= 15 is 0 Å². The molecule has 1 heterocycles. The number of rotatable bonds is 11. The molecule has 5 nitrogen and oxygen atoms in total. The van der Waals surface area contributed by atoms with Gasteiger partial charge in [0, 0.05) is 59.3 Å². The molecule has 0 amide bonds. The summed E-state index contributed by atoms with van der Waals surface area (Å²) in [5.74, 6) is 1.41. The van der Waals surface area contributed by atoms with Crippen LogP contribution in [0.5, 0.6) is 0 Å². The Kier molecular flexibility index (Phi) is 8.86. The number of hydrogen-bond donors (Lipinski definition) is 1. The molecule has 1 aromatic heterocycles. The number of para-hydroxylation sites is 1. The lowest BCUT2D eigenvalue weighted by Gasteiger charge is -2.23. The second-order valence-electron chi connectivity index (χ2n) is 10.2. The smallest absolute Gasteiger partial charge is 0.124 e. The molecule has 0 spiro atoms. The Morgan fingerprint density at radius 1 is 1.29 bits per heavy atom. The van der Waals surface area contributed by atoms with Gasteiger partial charge in [0.15, 0.2) is 0 Å². The fourth-order valence-electron chi connectivity index (χ4n) is 3.14. The fourth-order valence-corrected chi connectivity index (χ4v) is 5.05.